The summed E-state index contributed by atoms with van der Waals surface area (Å²) in [5.41, 5.74) is -0.463. The molecule has 0 fully saturated rings. The van der Waals surface area contributed by atoms with Gasteiger partial charge in [0.05, 0.1) is 11.4 Å². The van der Waals surface area contributed by atoms with E-state index in [1.807, 2.05) is 0 Å². The van der Waals surface area contributed by atoms with Gasteiger partial charge >= 0.3 is 7.82 Å². The highest BCUT2D eigenvalue weighted by molar-refractivity contribution is 7.92. The predicted molar refractivity (Wildman–Crippen MR) is 90.5 cm³/mol. The van der Waals surface area contributed by atoms with Gasteiger partial charge in [0.15, 0.2) is 33.9 Å². The van der Waals surface area contributed by atoms with Crippen LogP contribution in [0.4, 0.5) is 33.3 Å². The van der Waals surface area contributed by atoms with Crippen LogP contribution in [0.25, 0.3) is 0 Å². The Balaban J connectivity index is 2.57. The monoisotopic (exact) mass is 462 g/mol. The van der Waals surface area contributed by atoms with E-state index in [1.54, 1.807) is 4.72 Å². The Hall–Kier alpha value is -2.41. The molecule has 0 unspecified atom stereocenters. The molecule has 2 aromatic carbocycles. The van der Waals surface area contributed by atoms with Crippen LogP contribution in [0.15, 0.2) is 23.1 Å². The van der Waals surface area contributed by atoms with Gasteiger partial charge in [-0.1, -0.05) is 0 Å². The third-order valence-corrected chi connectivity index (χ3v) is 5.18. The van der Waals surface area contributed by atoms with Crippen LogP contribution in [0.3, 0.4) is 0 Å². The van der Waals surface area contributed by atoms with Gasteiger partial charge in [-0.3, -0.25) is 14.5 Å². The van der Waals surface area contributed by atoms with Crippen LogP contribution in [0.1, 0.15) is 0 Å². The predicted octanol–water partition coefficient (Wildman–Crippen LogP) is 2.72. The molecule has 0 aliphatic carbocycles. The molecule has 160 valence electrons. The minimum Gasteiger partial charge on any atom is -0.402 e. The number of nitrogens with one attached hydrogen (secondary N) is 1. The summed E-state index contributed by atoms with van der Waals surface area (Å²) in [5.74, 6) is -13.1. The highest BCUT2D eigenvalue weighted by Crippen LogP contribution is 2.43. The van der Waals surface area contributed by atoms with Crippen molar-refractivity contribution in [2.75, 3.05) is 23.7 Å². The molecule has 0 radical (unpaired) electrons. The van der Waals surface area contributed by atoms with Gasteiger partial charge in [-0.05, 0) is 12.1 Å². The third kappa shape index (κ3) is 4.78. The van der Waals surface area contributed by atoms with Crippen molar-refractivity contribution in [1.29, 1.82) is 0 Å². The van der Waals surface area contributed by atoms with E-state index in [0.717, 1.165) is 18.2 Å². The smallest absolute Gasteiger partial charge is 0.402 e. The number of nitrogens with zero attached hydrogens (tertiary/aromatic N) is 1. The van der Waals surface area contributed by atoms with Crippen LogP contribution in [0, 0.1) is 29.1 Å². The van der Waals surface area contributed by atoms with E-state index < -0.39 is 63.3 Å². The topological polar surface area (TPSA) is 116 Å². The Kier molecular flexibility index (Phi) is 6.14. The average molecular weight is 462 g/mol. The molecule has 0 aliphatic heterocycles. The third-order valence-electron chi connectivity index (χ3n) is 3.35. The number of hydrogen-bond donors (Lipinski definition) is 3. The number of benzene rings is 2. The molecule has 0 amide bonds. The summed E-state index contributed by atoms with van der Waals surface area (Å²) >= 11 is 0. The van der Waals surface area contributed by atoms with Crippen molar-refractivity contribution < 1.29 is 49.2 Å². The van der Waals surface area contributed by atoms with Crippen LogP contribution in [0.5, 0.6) is 5.75 Å². The van der Waals surface area contributed by atoms with Gasteiger partial charge in [0.25, 0.3) is 10.0 Å². The van der Waals surface area contributed by atoms with Crippen molar-refractivity contribution in [2.24, 2.45) is 0 Å². The van der Waals surface area contributed by atoms with Crippen molar-refractivity contribution in [2.45, 2.75) is 4.90 Å². The fraction of sp³-hybridized carbons (Fsp3) is 0.143. The van der Waals surface area contributed by atoms with Crippen molar-refractivity contribution in [3.8, 4) is 5.75 Å². The summed E-state index contributed by atoms with van der Waals surface area (Å²) in [4.78, 5) is 17.1. The molecule has 0 saturated heterocycles. The molecule has 0 atom stereocenters. The van der Waals surface area contributed by atoms with Gasteiger partial charge in [-0.15, -0.1) is 0 Å². The lowest BCUT2D eigenvalue weighted by Gasteiger charge is -2.19. The van der Waals surface area contributed by atoms with E-state index in [1.165, 1.54) is 19.0 Å². The summed E-state index contributed by atoms with van der Waals surface area (Å²) in [7, 11) is -7.50. The first kappa shape index (κ1) is 22.9. The molecule has 0 saturated carbocycles. The number of rotatable bonds is 6. The number of phosphoric acid groups is 1. The average Bonchev–Trinajstić information content (AvgIpc) is 2.56. The summed E-state index contributed by atoms with van der Waals surface area (Å²) in [6, 6.07) is 2.88. The van der Waals surface area contributed by atoms with Crippen LogP contribution in [0.2, 0.25) is 0 Å². The van der Waals surface area contributed by atoms with Crippen molar-refractivity contribution >= 4 is 29.2 Å². The molecule has 0 aromatic heterocycles. The van der Waals surface area contributed by atoms with E-state index >= 15 is 0 Å². The fourth-order valence-electron chi connectivity index (χ4n) is 2.18. The molecule has 0 aliphatic rings. The highest BCUT2D eigenvalue weighted by atomic mass is 32.2. The zero-order valence-electron chi connectivity index (χ0n) is 14.5. The zero-order valence-corrected chi connectivity index (χ0v) is 16.2. The maximum absolute atomic E-state index is 13.8. The molecule has 0 bridgehead atoms. The zero-order chi connectivity index (χ0) is 22.3. The first-order valence-electron chi connectivity index (χ1n) is 7.26. The Morgan fingerprint density at radius 2 is 1.45 bits per heavy atom. The molecule has 0 spiro atoms. The summed E-state index contributed by atoms with van der Waals surface area (Å²) in [5, 5.41) is 0. The second kappa shape index (κ2) is 7.78. The van der Waals surface area contributed by atoms with E-state index in [0.29, 0.717) is 0 Å². The summed E-state index contributed by atoms with van der Waals surface area (Å²) < 4.78 is 109. The van der Waals surface area contributed by atoms with E-state index in [-0.39, 0.29) is 5.69 Å². The molecule has 0 heterocycles. The molecule has 3 N–H and O–H groups in total. The molecular weight excluding hydrogens is 450 g/mol. The Morgan fingerprint density at radius 1 is 0.966 bits per heavy atom. The lowest BCUT2D eigenvalue weighted by atomic mass is 10.2. The van der Waals surface area contributed by atoms with Gasteiger partial charge in [-0.2, -0.15) is 0 Å². The van der Waals surface area contributed by atoms with Crippen molar-refractivity contribution in [3.05, 3.63) is 47.3 Å². The molecule has 29 heavy (non-hydrogen) atoms. The first-order valence-corrected chi connectivity index (χ1v) is 10.3. The van der Waals surface area contributed by atoms with Gasteiger partial charge in [0.1, 0.15) is 0 Å². The number of hydrogen-bond acceptors (Lipinski definition) is 5. The van der Waals surface area contributed by atoms with Crippen molar-refractivity contribution in [1.82, 2.24) is 0 Å². The van der Waals surface area contributed by atoms with Crippen molar-refractivity contribution in [3.63, 3.8) is 0 Å². The molecular formula is C14H12F5N2O6PS. The Bertz CT molecular complexity index is 1090. The second-order valence-electron chi connectivity index (χ2n) is 5.66. The summed E-state index contributed by atoms with van der Waals surface area (Å²) in [6.07, 6.45) is 0. The molecule has 2 rings (SSSR count). The minimum absolute atomic E-state index is 0.0764. The minimum atomic E-state index is -5.34. The summed E-state index contributed by atoms with van der Waals surface area (Å²) in [6.45, 7) is 0. The van der Waals surface area contributed by atoms with E-state index in [2.05, 4.69) is 4.52 Å². The lowest BCUT2D eigenvalue weighted by Crippen LogP contribution is -2.19. The Labute approximate surface area is 160 Å². The molecule has 15 heteroatoms. The van der Waals surface area contributed by atoms with Gasteiger partial charge < -0.3 is 9.42 Å². The SMILES string of the molecule is CN(C)c1ccc(NS(=O)(=O)c2c(F)c(F)c(F)c(F)c2F)cc1OP(=O)(O)O. The number of halogens is 5. The quantitative estimate of drug-likeness (QED) is 0.262. The van der Waals surface area contributed by atoms with Gasteiger partial charge in [0.2, 0.25) is 5.82 Å². The van der Waals surface area contributed by atoms with E-state index in [4.69, 9.17) is 9.79 Å². The number of sulfonamides is 1. The highest BCUT2D eigenvalue weighted by Gasteiger charge is 2.34. The lowest BCUT2D eigenvalue weighted by molar-refractivity contribution is 0.283. The molecule has 8 nitrogen and oxygen atoms in total. The van der Waals surface area contributed by atoms with Gasteiger partial charge in [-0.25, -0.2) is 34.9 Å². The van der Waals surface area contributed by atoms with Crippen LogP contribution >= 0.6 is 7.82 Å². The largest absolute Gasteiger partial charge is 0.524 e. The van der Waals surface area contributed by atoms with Crippen LogP contribution < -0.4 is 14.1 Å². The molecule has 2 aromatic rings. The second-order valence-corrected chi connectivity index (χ2v) is 8.45. The number of phosphoric ester groups is 1. The van der Waals surface area contributed by atoms with Gasteiger partial charge in [0, 0.05) is 20.2 Å². The normalized spacial score (nSPS) is 12.0. The fourth-order valence-corrected chi connectivity index (χ4v) is 3.77. The van der Waals surface area contributed by atoms with Crippen LogP contribution in [-0.2, 0) is 14.6 Å². The maximum Gasteiger partial charge on any atom is 0.524 e. The first-order chi connectivity index (χ1) is 13.2. The maximum atomic E-state index is 13.8. The van der Waals surface area contributed by atoms with E-state index in [9.17, 15) is 34.9 Å². The van der Waals surface area contributed by atoms with Crippen LogP contribution in [-0.4, -0.2) is 32.3 Å². The Morgan fingerprint density at radius 3 is 1.90 bits per heavy atom. The number of anilines is 2. The standard InChI is InChI=1S/C14H12F5N2O6PS/c1-21(2)7-4-3-6(5-8(7)27-28(22,23)24)20-29(25,26)14-12(18)10(16)9(15)11(17)13(14)19/h3-5,20H,1-2H3,(H2,22,23,24).